The van der Waals surface area contributed by atoms with E-state index in [1.165, 1.54) is 0 Å². The summed E-state index contributed by atoms with van der Waals surface area (Å²) in [5.41, 5.74) is 3.91. The molecule has 0 bridgehead atoms. The number of carbonyl (C=O) groups excluding carboxylic acids is 1. The molecule has 0 fully saturated rings. The minimum atomic E-state index is -4.27. The van der Waals surface area contributed by atoms with Crippen LogP contribution in [0.4, 0.5) is 13.2 Å². The van der Waals surface area contributed by atoms with Crippen LogP contribution >= 0.6 is 0 Å². The Morgan fingerprint density at radius 2 is 1.89 bits per heavy atom. The molecule has 1 aliphatic heterocycles. The fraction of sp³-hybridized carbons (Fsp3) is 0.591. The molecule has 0 saturated heterocycles. The number of halogens is 3. The van der Waals surface area contributed by atoms with Gasteiger partial charge in [-0.2, -0.15) is 13.2 Å². The van der Waals surface area contributed by atoms with Gasteiger partial charge in [-0.25, -0.2) is 0 Å². The molecule has 6 heteroatoms. The van der Waals surface area contributed by atoms with E-state index >= 15 is 0 Å². The Morgan fingerprint density at radius 3 is 2.36 bits per heavy atom. The molecule has 0 radical (unpaired) electrons. The molecule has 1 N–H and O–H groups in total. The topological polar surface area (TPSA) is 32.3 Å². The zero-order valence-electron chi connectivity index (χ0n) is 17.8. The minimum Gasteiger partial charge on any atom is -0.348 e. The Balaban J connectivity index is 3.10. The monoisotopic (exact) mass is 398 g/mol. The van der Waals surface area contributed by atoms with Crippen LogP contribution in [-0.4, -0.2) is 23.0 Å². The molecule has 3 nitrogen and oxygen atoms in total. The van der Waals surface area contributed by atoms with Crippen molar-refractivity contribution in [2.45, 2.75) is 79.4 Å². The molecule has 1 amide bonds. The molecule has 1 aliphatic rings. The summed E-state index contributed by atoms with van der Waals surface area (Å²) in [6.07, 6.45) is 1.51. The lowest BCUT2D eigenvalue weighted by Crippen LogP contribution is -2.42. The molecule has 0 aromatic rings. The van der Waals surface area contributed by atoms with Crippen LogP contribution in [0, 0.1) is 5.92 Å². The number of nitrogens with zero attached hydrogens (tertiary/aromatic N) is 1. The Hall–Kier alpha value is -1.98. The van der Waals surface area contributed by atoms with E-state index in [9.17, 15) is 18.0 Å². The van der Waals surface area contributed by atoms with Gasteiger partial charge in [0, 0.05) is 17.9 Å². The summed E-state index contributed by atoms with van der Waals surface area (Å²) in [5.74, 6) is -1.84. The molecule has 0 spiro atoms. The highest BCUT2D eigenvalue weighted by atomic mass is 19.4. The maximum absolute atomic E-state index is 13.1. The van der Waals surface area contributed by atoms with Crippen molar-refractivity contribution in [1.29, 1.82) is 0 Å². The van der Waals surface area contributed by atoms with Crippen molar-refractivity contribution in [1.82, 2.24) is 10.2 Å². The predicted octanol–water partition coefficient (Wildman–Crippen LogP) is 6.22. The van der Waals surface area contributed by atoms with Crippen molar-refractivity contribution in [2.24, 2.45) is 5.92 Å². The number of hydrogen-bond donors (Lipinski definition) is 1. The zero-order valence-corrected chi connectivity index (χ0v) is 17.8. The number of hydrogen-bond acceptors (Lipinski definition) is 2. The van der Waals surface area contributed by atoms with Gasteiger partial charge in [0.25, 0.3) is 5.91 Å². The summed E-state index contributed by atoms with van der Waals surface area (Å²) < 4.78 is 39.0. The molecule has 1 rings (SSSR count). The highest BCUT2D eigenvalue weighted by Crippen LogP contribution is 2.31. The molecule has 2 atom stereocenters. The summed E-state index contributed by atoms with van der Waals surface area (Å²) in [5, 5.41) is 2.84. The first-order valence-electron chi connectivity index (χ1n) is 9.84. The van der Waals surface area contributed by atoms with Gasteiger partial charge < -0.3 is 10.2 Å². The second-order valence-electron chi connectivity index (χ2n) is 7.69. The van der Waals surface area contributed by atoms with Gasteiger partial charge in [0.15, 0.2) is 0 Å². The number of allylic oxidation sites excluding steroid dienone is 4. The van der Waals surface area contributed by atoms with Gasteiger partial charge in [-0.1, -0.05) is 39.8 Å². The normalized spacial score (nSPS) is 16.9. The van der Waals surface area contributed by atoms with Crippen LogP contribution in [0.5, 0.6) is 0 Å². The van der Waals surface area contributed by atoms with E-state index in [1.807, 2.05) is 46.9 Å². The van der Waals surface area contributed by atoms with Gasteiger partial charge in [0.05, 0.1) is 5.92 Å². The van der Waals surface area contributed by atoms with Crippen molar-refractivity contribution >= 4 is 5.91 Å². The number of alkyl halides is 3. The average Bonchev–Trinajstić information content (AvgIpc) is 2.57. The molecular formula is C22H33F3N2O. The Labute approximate surface area is 167 Å². The number of carbonyl (C=O) groups is 1. The highest BCUT2D eigenvalue weighted by Gasteiger charge is 2.37. The molecule has 0 saturated carbocycles. The van der Waals surface area contributed by atoms with Crippen LogP contribution in [0.1, 0.15) is 67.2 Å². The summed E-state index contributed by atoms with van der Waals surface area (Å²) in [7, 11) is 0. The first-order valence-corrected chi connectivity index (χ1v) is 9.84. The second kappa shape index (κ2) is 9.99. The van der Waals surface area contributed by atoms with E-state index in [1.54, 1.807) is 4.90 Å². The number of amides is 1. The van der Waals surface area contributed by atoms with E-state index in [4.69, 9.17) is 0 Å². The molecule has 28 heavy (non-hydrogen) atoms. The fourth-order valence-electron chi connectivity index (χ4n) is 3.21. The van der Waals surface area contributed by atoms with Crippen molar-refractivity contribution in [3.05, 3.63) is 47.0 Å². The minimum absolute atomic E-state index is 0.130. The van der Waals surface area contributed by atoms with E-state index in [-0.39, 0.29) is 12.3 Å². The summed E-state index contributed by atoms with van der Waals surface area (Å²) in [6, 6.07) is -0.534. The van der Waals surface area contributed by atoms with Crippen LogP contribution in [-0.2, 0) is 4.79 Å². The van der Waals surface area contributed by atoms with Gasteiger partial charge in [0.1, 0.15) is 5.70 Å². The van der Waals surface area contributed by atoms with Crippen LogP contribution in [0.25, 0.3) is 0 Å². The molecule has 1 heterocycles. The van der Waals surface area contributed by atoms with Crippen LogP contribution < -0.4 is 5.32 Å². The molecule has 0 aromatic heterocycles. The molecule has 0 aromatic carbocycles. The maximum atomic E-state index is 13.1. The lowest BCUT2D eigenvalue weighted by molar-refractivity contribution is -0.173. The van der Waals surface area contributed by atoms with E-state index in [0.29, 0.717) is 24.2 Å². The van der Waals surface area contributed by atoms with E-state index in [0.717, 1.165) is 30.1 Å². The smallest absolute Gasteiger partial charge is 0.348 e. The Kier molecular flexibility index (Phi) is 8.58. The molecule has 0 aliphatic carbocycles. The van der Waals surface area contributed by atoms with Crippen LogP contribution in [0.15, 0.2) is 47.0 Å². The maximum Gasteiger partial charge on any atom is 0.391 e. The van der Waals surface area contributed by atoms with Crippen molar-refractivity contribution < 1.29 is 18.0 Å². The lowest BCUT2D eigenvalue weighted by Gasteiger charge is -2.32. The Bertz CT molecular complexity index is 682. The first kappa shape index (κ1) is 24.1. The van der Waals surface area contributed by atoms with Crippen molar-refractivity contribution in [3.8, 4) is 0 Å². The second-order valence-corrected chi connectivity index (χ2v) is 7.69. The van der Waals surface area contributed by atoms with Gasteiger partial charge in [-0.3, -0.25) is 4.79 Å². The fourth-order valence-corrected chi connectivity index (χ4v) is 3.21. The number of rotatable bonds is 8. The summed E-state index contributed by atoms with van der Waals surface area (Å²) in [6.45, 7) is 14.7. The lowest BCUT2D eigenvalue weighted by atomic mass is 9.97. The van der Waals surface area contributed by atoms with Crippen LogP contribution in [0.2, 0.25) is 0 Å². The molecule has 2 unspecified atom stereocenters. The first-order chi connectivity index (χ1) is 12.9. The van der Waals surface area contributed by atoms with Gasteiger partial charge >= 0.3 is 6.18 Å². The van der Waals surface area contributed by atoms with Gasteiger partial charge in [-0.15, -0.1) is 0 Å². The Morgan fingerprint density at radius 1 is 1.29 bits per heavy atom. The van der Waals surface area contributed by atoms with Gasteiger partial charge in [0.2, 0.25) is 0 Å². The SMILES string of the molecule is C=C1C(C)=CC(CC)=CN1C(C(=O)NC(CCC)CC(C)C(F)(F)F)=C(C)C. The van der Waals surface area contributed by atoms with Crippen LogP contribution in [0.3, 0.4) is 0 Å². The summed E-state index contributed by atoms with van der Waals surface area (Å²) in [4.78, 5) is 14.8. The summed E-state index contributed by atoms with van der Waals surface area (Å²) >= 11 is 0. The third kappa shape index (κ3) is 6.28. The van der Waals surface area contributed by atoms with E-state index < -0.39 is 18.1 Å². The largest absolute Gasteiger partial charge is 0.391 e. The van der Waals surface area contributed by atoms with Gasteiger partial charge in [-0.05, 0) is 56.8 Å². The standard InChI is InChI=1S/C22H33F3N2O/c1-8-10-19(12-16(6)22(23,24)25)26-21(28)20(14(3)4)27-13-18(9-2)11-15(5)17(27)7/h11,13,16,19H,7-10,12H2,1-6H3,(H,26,28). The average molecular weight is 399 g/mol. The molecular weight excluding hydrogens is 365 g/mol. The van der Waals surface area contributed by atoms with Crippen molar-refractivity contribution in [2.75, 3.05) is 0 Å². The third-order valence-electron chi connectivity index (χ3n) is 4.95. The highest BCUT2D eigenvalue weighted by molar-refractivity contribution is 5.94. The predicted molar refractivity (Wildman–Crippen MR) is 108 cm³/mol. The van der Waals surface area contributed by atoms with E-state index in [2.05, 4.69) is 11.9 Å². The van der Waals surface area contributed by atoms with Crippen molar-refractivity contribution in [3.63, 3.8) is 0 Å². The third-order valence-corrected chi connectivity index (χ3v) is 4.95. The zero-order chi connectivity index (χ0) is 21.6. The quantitative estimate of drug-likeness (QED) is 0.492. The number of nitrogens with one attached hydrogen (secondary N) is 1. The molecule has 158 valence electrons.